The maximum Gasteiger partial charge on any atom is 0.349 e. The van der Waals surface area contributed by atoms with E-state index in [0.29, 0.717) is 18.1 Å². The zero-order chi connectivity index (χ0) is 19.3. The summed E-state index contributed by atoms with van der Waals surface area (Å²) in [5.41, 5.74) is 2.71. The largest absolute Gasteiger partial charge is 0.376 e. The van der Waals surface area contributed by atoms with Crippen molar-refractivity contribution in [2.45, 2.75) is 49.8 Å². The van der Waals surface area contributed by atoms with Crippen LogP contribution in [0.5, 0.6) is 0 Å². The van der Waals surface area contributed by atoms with Crippen LogP contribution in [0.4, 0.5) is 0 Å². The summed E-state index contributed by atoms with van der Waals surface area (Å²) in [6, 6.07) is 5.69. The Morgan fingerprint density at radius 2 is 2.25 bits per heavy atom. The molecule has 0 bridgehead atoms. The molecule has 0 aromatic carbocycles. The summed E-state index contributed by atoms with van der Waals surface area (Å²) in [6.45, 7) is 1.76. The van der Waals surface area contributed by atoms with Gasteiger partial charge in [-0.1, -0.05) is 17.8 Å². The van der Waals surface area contributed by atoms with Crippen LogP contribution >= 0.6 is 11.8 Å². The van der Waals surface area contributed by atoms with Crippen LogP contribution < -0.4 is 11.0 Å². The van der Waals surface area contributed by atoms with Crippen LogP contribution in [0.15, 0.2) is 34.2 Å². The van der Waals surface area contributed by atoms with E-state index in [-0.39, 0.29) is 23.5 Å². The Hall–Kier alpha value is -2.19. The summed E-state index contributed by atoms with van der Waals surface area (Å²) >= 11 is 1.35. The van der Waals surface area contributed by atoms with E-state index in [1.54, 1.807) is 10.8 Å². The molecule has 8 heteroatoms. The Balaban J connectivity index is 1.43. The maximum absolute atomic E-state index is 12.6. The molecule has 2 aromatic rings. The number of pyridine rings is 1. The van der Waals surface area contributed by atoms with E-state index >= 15 is 0 Å². The number of carbonyl (C=O) groups excluding carboxylic acids is 1. The summed E-state index contributed by atoms with van der Waals surface area (Å²) in [5, 5.41) is 3.61. The number of nitrogens with zero attached hydrogens (tertiary/aromatic N) is 3. The minimum Gasteiger partial charge on any atom is -0.376 e. The van der Waals surface area contributed by atoms with Gasteiger partial charge in [0.15, 0.2) is 0 Å². The van der Waals surface area contributed by atoms with Crippen molar-refractivity contribution in [3.8, 4) is 0 Å². The second kappa shape index (κ2) is 8.87. The SMILES string of the molecule is O=C(CSc1nc(=O)n(Cc2ccccn2)c2c1CCC2)NCC1CCCO1. The molecule has 7 nitrogen and oxygen atoms in total. The minimum atomic E-state index is -0.270. The van der Waals surface area contributed by atoms with Crippen molar-refractivity contribution in [2.24, 2.45) is 0 Å². The number of rotatable bonds is 7. The first-order chi connectivity index (χ1) is 13.7. The summed E-state index contributed by atoms with van der Waals surface area (Å²) in [5.74, 6) is 0.210. The van der Waals surface area contributed by atoms with E-state index in [0.717, 1.165) is 55.7 Å². The molecule has 1 aliphatic heterocycles. The van der Waals surface area contributed by atoms with Crippen molar-refractivity contribution in [3.05, 3.63) is 51.8 Å². The lowest BCUT2D eigenvalue weighted by molar-refractivity contribution is -0.119. The quantitative estimate of drug-likeness (QED) is 0.561. The minimum absolute atomic E-state index is 0.0493. The Morgan fingerprint density at radius 1 is 1.32 bits per heavy atom. The lowest BCUT2D eigenvalue weighted by Crippen LogP contribution is -2.33. The van der Waals surface area contributed by atoms with Gasteiger partial charge < -0.3 is 10.1 Å². The Kier molecular flexibility index (Phi) is 6.07. The first kappa shape index (κ1) is 19.1. The number of thioether (sulfide) groups is 1. The number of hydrogen-bond donors (Lipinski definition) is 1. The molecule has 1 amide bonds. The van der Waals surface area contributed by atoms with Crippen molar-refractivity contribution in [2.75, 3.05) is 18.9 Å². The average Bonchev–Trinajstić information content (AvgIpc) is 3.40. The zero-order valence-electron chi connectivity index (χ0n) is 15.7. The third-order valence-corrected chi connectivity index (χ3v) is 6.16. The molecule has 2 aliphatic rings. The normalized spacial score (nSPS) is 18.2. The zero-order valence-corrected chi connectivity index (χ0v) is 16.5. The molecule has 1 N–H and O–H groups in total. The molecule has 4 rings (SSSR count). The van der Waals surface area contributed by atoms with Crippen molar-refractivity contribution >= 4 is 17.7 Å². The van der Waals surface area contributed by atoms with Crippen LogP contribution in [0.3, 0.4) is 0 Å². The maximum atomic E-state index is 12.6. The molecule has 0 spiro atoms. The molecule has 0 radical (unpaired) electrons. The van der Waals surface area contributed by atoms with Gasteiger partial charge in [0.1, 0.15) is 5.03 Å². The van der Waals surface area contributed by atoms with Crippen LogP contribution in [0.25, 0.3) is 0 Å². The van der Waals surface area contributed by atoms with E-state index in [9.17, 15) is 9.59 Å². The van der Waals surface area contributed by atoms with Gasteiger partial charge in [-0.3, -0.25) is 14.3 Å². The Bertz CT molecular complexity index is 894. The summed E-state index contributed by atoms with van der Waals surface area (Å²) in [7, 11) is 0. The first-order valence-electron chi connectivity index (χ1n) is 9.74. The predicted octanol–water partition coefficient (Wildman–Crippen LogP) is 1.56. The lowest BCUT2D eigenvalue weighted by Gasteiger charge is -2.14. The van der Waals surface area contributed by atoms with Gasteiger partial charge in [-0.25, -0.2) is 4.79 Å². The predicted molar refractivity (Wildman–Crippen MR) is 107 cm³/mol. The highest BCUT2D eigenvalue weighted by Gasteiger charge is 2.23. The first-order valence-corrected chi connectivity index (χ1v) is 10.7. The number of fused-ring (bicyclic) bond motifs is 1. The van der Waals surface area contributed by atoms with Gasteiger partial charge in [0, 0.05) is 30.6 Å². The standard InChI is InChI=1S/C20H24N4O3S/c25-18(22-11-15-6-4-10-27-15)13-28-19-16-7-3-8-17(16)24(20(26)23-19)12-14-5-1-2-9-21-14/h1-2,5,9,15H,3-4,6-8,10-13H2,(H,22,25). The second-order valence-electron chi connectivity index (χ2n) is 7.11. The second-order valence-corrected chi connectivity index (χ2v) is 8.08. The Morgan fingerprint density at radius 3 is 3.04 bits per heavy atom. The van der Waals surface area contributed by atoms with Crippen LogP contribution in [-0.4, -0.2) is 45.5 Å². The highest BCUT2D eigenvalue weighted by atomic mass is 32.2. The molecule has 1 atom stereocenters. The van der Waals surface area contributed by atoms with Crippen LogP contribution in [0.2, 0.25) is 0 Å². The lowest BCUT2D eigenvalue weighted by atomic mass is 10.2. The number of nitrogens with one attached hydrogen (secondary N) is 1. The van der Waals surface area contributed by atoms with Crippen LogP contribution in [-0.2, 0) is 28.9 Å². The van der Waals surface area contributed by atoms with Crippen molar-refractivity contribution in [1.29, 1.82) is 0 Å². The highest BCUT2D eigenvalue weighted by Crippen LogP contribution is 2.29. The molecule has 2 aromatic heterocycles. The van der Waals surface area contributed by atoms with Crippen molar-refractivity contribution in [1.82, 2.24) is 19.9 Å². The van der Waals surface area contributed by atoms with Gasteiger partial charge in [0.05, 0.1) is 24.1 Å². The van der Waals surface area contributed by atoms with E-state index in [4.69, 9.17) is 4.74 Å². The summed E-state index contributed by atoms with van der Waals surface area (Å²) in [4.78, 5) is 33.4. The summed E-state index contributed by atoms with van der Waals surface area (Å²) < 4.78 is 7.25. The molecular weight excluding hydrogens is 376 g/mol. The molecule has 1 aliphatic carbocycles. The van der Waals surface area contributed by atoms with Crippen molar-refractivity contribution < 1.29 is 9.53 Å². The van der Waals surface area contributed by atoms with E-state index in [1.807, 2.05) is 18.2 Å². The number of aromatic nitrogens is 3. The van der Waals surface area contributed by atoms with Crippen molar-refractivity contribution in [3.63, 3.8) is 0 Å². The number of carbonyl (C=O) groups is 1. The smallest absolute Gasteiger partial charge is 0.349 e. The summed E-state index contributed by atoms with van der Waals surface area (Å²) in [6.07, 6.45) is 6.67. The molecular formula is C20H24N4O3S. The molecule has 1 unspecified atom stereocenters. The number of amides is 1. The number of hydrogen-bond acceptors (Lipinski definition) is 6. The average molecular weight is 401 g/mol. The van der Waals surface area contributed by atoms with E-state index in [2.05, 4.69) is 15.3 Å². The van der Waals surface area contributed by atoms with E-state index in [1.165, 1.54) is 11.8 Å². The highest BCUT2D eigenvalue weighted by molar-refractivity contribution is 7.99. The van der Waals surface area contributed by atoms with Gasteiger partial charge in [0.2, 0.25) is 5.91 Å². The van der Waals surface area contributed by atoms with Crippen LogP contribution in [0, 0.1) is 0 Å². The molecule has 148 valence electrons. The molecule has 3 heterocycles. The fourth-order valence-electron chi connectivity index (χ4n) is 3.74. The van der Waals surface area contributed by atoms with Gasteiger partial charge in [-0.2, -0.15) is 4.98 Å². The molecule has 1 fully saturated rings. The topological polar surface area (TPSA) is 86.1 Å². The van der Waals surface area contributed by atoms with Crippen LogP contribution in [0.1, 0.15) is 36.2 Å². The van der Waals surface area contributed by atoms with E-state index < -0.39 is 0 Å². The van der Waals surface area contributed by atoms with Gasteiger partial charge in [-0.05, 0) is 44.2 Å². The molecule has 28 heavy (non-hydrogen) atoms. The monoisotopic (exact) mass is 400 g/mol. The van der Waals surface area contributed by atoms with Gasteiger partial charge in [-0.15, -0.1) is 0 Å². The molecule has 0 saturated carbocycles. The number of ether oxygens (including phenoxy) is 1. The fourth-order valence-corrected chi connectivity index (χ4v) is 4.65. The molecule has 1 saturated heterocycles. The van der Waals surface area contributed by atoms with Gasteiger partial charge >= 0.3 is 5.69 Å². The Labute approximate surface area is 167 Å². The fraction of sp³-hybridized carbons (Fsp3) is 0.500. The third-order valence-electron chi connectivity index (χ3n) is 5.14. The van der Waals surface area contributed by atoms with Gasteiger partial charge in [0.25, 0.3) is 0 Å². The third kappa shape index (κ3) is 4.44.